The Hall–Kier alpha value is -1.00. The number of hydrogen-bond donors (Lipinski definition) is 1. The fraction of sp³-hybridized carbons (Fsp3) is 0.500. The minimum absolute atomic E-state index is 0.657. The molecule has 0 spiro atoms. The summed E-state index contributed by atoms with van der Waals surface area (Å²) in [5.74, 6) is 0. The predicted molar refractivity (Wildman–Crippen MR) is 43.4 cm³/mol. The zero-order valence-corrected chi connectivity index (χ0v) is 6.94. The molecule has 1 aromatic rings. The van der Waals surface area contributed by atoms with Gasteiger partial charge in [-0.2, -0.15) is 0 Å². The molecule has 12 heavy (non-hydrogen) atoms. The van der Waals surface area contributed by atoms with Gasteiger partial charge in [-0.05, 0) is 13.1 Å². The van der Waals surface area contributed by atoms with E-state index < -0.39 is 5.60 Å². The van der Waals surface area contributed by atoms with E-state index >= 15 is 0 Å². The summed E-state index contributed by atoms with van der Waals surface area (Å²) >= 11 is 0. The van der Waals surface area contributed by atoms with E-state index in [0.29, 0.717) is 13.1 Å². The number of likely N-dealkylation sites (N-methyl/N-ethyl adjacent to an activating group) is 1. The van der Waals surface area contributed by atoms with Crippen LogP contribution in [0.2, 0.25) is 0 Å². The number of aromatic nitrogens is 2. The van der Waals surface area contributed by atoms with Crippen molar-refractivity contribution >= 4 is 0 Å². The van der Waals surface area contributed by atoms with Crippen LogP contribution in [-0.2, 0) is 5.60 Å². The second-order valence-electron chi connectivity index (χ2n) is 3.30. The van der Waals surface area contributed by atoms with Gasteiger partial charge < -0.3 is 5.11 Å². The highest BCUT2D eigenvalue weighted by atomic mass is 16.3. The van der Waals surface area contributed by atoms with Gasteiger partial charge >= 0.3 is 0 Å². The molecule has 1 aromatic heterocycles. The Balaban J connectivity index is 2.21. The number of aliphatic hydroxyl groups is 1. The van der Waals surface area contributed by atoms with Crippen molar-refractivity contribution in [3.05, 3.63) is 24.3 Å². The summed E-state index contributed by atoms with van der Waals surface area (Å²) in [6.07, 6.45) is 3.12. The van der Waals surface area contributed by atoms with Gasteiger partial charge in [0.2, 0.25) is 0 Å². The predicted octanol–water partition coefficient (Wildman–Crippen LogP) is -0.390. The summed E-state index contributed by atoms with van der Waals surface area (Å²) < 4.78 is 0. The normalized spacial score (nSPS) is 21.8. The standard InChI is InChI=1S/C8H11N3O/c1-11-4-8(12,5-11)7-2-3-9-6-10-7/h2-3,6,12H,4-5H2,1H3. The van der Waals surface area contributed by atoms with E-state index in [1.54, 1.807) is 12.3 Å². The average molecular weight is 165 g/mol. The smallest absolute Gasteiger partial charge is 0.132 e. The molecular weight excluding hydrogens is 154 g/mol. The molecule has 2 rings (SSSR count). The lowest BCUT2D eigenvalue weighted by Crippen LogP contribution is -2.57. The number of rotatable bonds is 1. The lowest BCUT2D eigenvalue weighted by atomic mass is 9.91. The first-order valence-corrected chi connectivity index (χ1v) is 3.88. The Labute approximate surface area is 70.9 Å². The van der Waals surface area contributed by atoms with Gasteiger partial charge in [0.15, 0.2) is 0 Å². The van der Waals surface area contributed by atoms with Gasteiger partial charge in [0.25, 0.3) is 0 Å². The molecule has 0 aliphatic carbocycles. The van der Waals surface area contributed by atoms with Crippen molar-refractivity contribution < 1.29 is 5.11 Å². The lowest BCUT2D eigenvalue weighted by Gasteiger charge is -2.43. The van der Waals surface area contributed by atoms with Gasteiger partial charge in [-0.25, -0.2) is 9.97 Å². The number of likely N-dealkylation sites (tertiary alicyclic amines) is 1. The Morgan fingerprint density at radius 1 is 1.58 bits per heavy atom. The summed E-state index contributed by atoms with van der Waals surface area (Å²) in [6, 6.07) is 1.76. The fourth-order valence-corrected chi connectivity index (χ4v) is 1.57. The molecule has 1 aliphatic heterocycles. The van der Waals surface area contributed by atoms with E-state index in [1.807, 2.05) is 11.9 Å². The summed E-state index contributed by atoms with van der Waals surface area (Å²) in [6.45, 7) is 1.31. The van der Waals surface area contributed by atoms with Crippen molar-refractivity contribution in [1.82, 2.24) is 14.9 Å². The van der Waals surface area contributed by atoms with Crippen molar-refractivity contribution in [3.63, 3.8) is 0 Å². The van der Waals surface area contributed by atoms with E-state index in [4.69, 9.17) is 0 Å². The van der Waals surface area contributed by atoms with Crippen LogP contribution in [0.3, 0.4) is 0 Å². The van der Waals surface area contributed by atoms with Gasteiger partial charge in [0.05, 0.1) is 5.69 Å². The molecule has 1 fully saturated rings. The van der Waals surface area contributed by atoms with Crippen LogP contribution in [0.25, 0.3) is 0 Å². The first-order chi connectivity index (χ1) is 5.71. The van der Waals surface area contributed by atoms with E-state index in [9.17, 15) is 5.11 Å². The molecule has 0 bridgehead atoms. The van der Waals surface area contributed by atoms with E-state index in [-0.39, 0.29) is 0 Å². The Kier molecular flexibility index (Phi) is 1.59. The van der Waals surface area contributed by atoms with Crippen LogP contribution >= 0.6 is 0 Å². The van der Waals surface area contributed by atoms with Crippen LogP contribution in [0.5, 0.6) is 0 Å². The van der Waals surface area contributed by atoms with Crippen molar-refractivity contribution in [1.29, 1.82) is 0 Å². The van der Waals surface area contributed by atoms with Gasteiger partial charge in [-0.15, -0.1) is 0 Å². The molecular formula is C8H11N3O. The molecule has 0 unspecified atom stereocenters. The van der Waals surface area contributed by atoms with E-state index in [1.165, 1.54) is 6.33 Å². The van der Waals surface area contributed by atoms with Crippen molar-refractivity contribution in [2.24, 2.45) is 0 Å². The molecule has 4 nitrogen and oxygen atoms in total. The number of nitrogens with zero attached hydrogens (tertiary/aromatic N) is 3. The largest absolute Gasteiger partial charge is 0.381 e. The third-order valence-corrected chi connectivity index (χ3v) is 2.12. The maximum atomic E-state index is 9.92. The Bertz CT molecular complexity index is 269. The summed E-state index contributed by atoms with van der Waals surface area (Å²) in [7, 11) is 1.97. The lowest BCUT2D eigenvalue weighted by molar-refractivity contribution is -0.0950. The third kappa shape index (κ3) is 1.09. The highest BCUT2D eigenvalue weighted by Gasteiger charge is 2.41. The average Bonchev–Trinajstić information content (AvgIpc) is 2.04. The van der Waals surface area contributed by atoms with Crippen molar-refractivity contribution in [2.45, 2.75) is 5.60 Å². The van der Waals surface area contributed by atoms with Crippen LogP contribution in [0.15, 0.2) is 18.6 Å². The zero-order valence-electron chi connectivity index (χ0n) is 6.94. The monoisotopic (exact) mass is 165 g/mol. The topological polar surface area (TPSA) is 49.2 Å². The summed E-state index contributed by atoms with van der Waals surface area (Å²) in [4.78, 5) is 9.86. The number of hydrogen-bond acceptors (Lipinski definition) is 4. The first kappa shape index (κ1) is 7.64. The van der Waals surface area contributed by atoms with E-state index in [0.717, 1.165) is 5.69 Å². The molecule has 64 valence electrons. The Morgan fingerprint density at radius 3 is 2.83 bits per heavy atom. The second kappa shape index (κ2) is 2.50. The molecule has 0 radical (unpaired) electrons. The quantitative estimate of drug-likeness (QED) is 0.615. The van der Waals surface area contributed by atoms with Gasteiger partial charge in [-0.1, -0.05) is 0 Å². The molecule has 1 saturated heterocycles. The fourth-order valence-electron chi connectivity index (χ4n) is 1.57. The molecule has 0 atom stereocenters. The highest BCUT2D eigenvalue weighted by Crippen LogP contribution is 2.28. The molecule has 0 amide bonds. The minimum Gasteiger partial charge on any atom is -0.381 e. The van der Waals surface area contributed by atoms with Crippen molar-refractivity contribution in [2.75, 3.05) is 20.1 Å². The van der Waals surface area contributed by atoms with Gasteiger partial charge in [0.1, 0.15) is 11.9 Å². The van der Waals surface area contributed by atoms with Crippen LogP contribution in [0.1, 0.15) is 5.69 Å². The molecule has 0 aromatic carbocycles. The molecule has 0 saturated carbocycles. The zero-order chi connectivity index (χ0) is 8.60. The molecule has 4 heteroatoms. The maximum absolute atomic E-state index is 9.92. The molecule has 2 heterocycles. The van der Waals surface area contributed by atoms with Crippen LogP contribution in [0.4, 0.5) is 0 Å². The van der Waals surface area contributed by atoms with Gasteiger partial charge in [-0.3, -0.25) is 4.90 Å². The van der Waals surface area contributed by atoms with E-state index in [2.05, 4.69) is 9.97 Å². The van der Waals surface area contributed by atoms with Crippen LogP contribution < -0.4 is 0 Å². The minimum atomic E-state index is -0.738. The van der Waals surface area contributed by atoms with Crippen molar-refractivity contribution in [3.8, 4) is 0 Å². The first-order valence-electron chi connectivity index (χ1n) is 3.88. The van der Waals surface area contributed by atoms with Crippen LogP contribution in [-0.4, -0.2) is 40.1 Å². The SMILES string of the molecule is CN1CC(O)(c2ccncn2)C1. The molecule has 1 aliphatic rings. The maximum Gasteiger partial charge on any atom is 0.132 e. The summed E-state index contributed by atoms with van der Waals surface area (Å²) in [5, 5.41) is 9.92. The Morgan fingerprint density at radius 2 is 2.33 bits per heavy atom. The third-order valence-electron chi connectivity index (χ3n) is 2.12. The second-order valence-corrected chi connectivity index (χ2v) is 3.30. The number of β-amino-alcohol motifs (C(OH)–C–C–N with tert-alkyl or cyclic N) is 1. The highest BCUT2D eigenvalue weighted by molar-refractivity contribution is 5.15. The van der Waals surface area contributed by atoms with Crippen LogP contribution in [0, 0.1) is 0 Å². The summed E-state index contributed by atoms with van der Waals surface area (Å²) in [5.41, 5.74) is -0.0203. The molecule has 1 N–H and O–H groups in total. The van der Waals surface area contributed by atoms with Gasteiger partial charge in [0, 0.05) is 19.3 Å².